The van der Waals surface area contributed by atoms with Crippen molar-refractivity contribution in [1.29, 1.82) is 0 Å². The highest BCUT2D eigenvalue weighted by molar-refractivity contribution is 9.10. The van der Waals surface area contributed by atoms with Gasteiger partial charge in [0.1, 0.15) is 6.29 Å². The molecule has 0 atom stereocenters. The molecule has 68 valence electrons. The summed E-state index contributed by atoms with van der Waals surface area (Å²) in [5.74, 6) is 0.501. The third-order valence-electron chi connectivity index (χ3n) is 1.39. The van der Waals surface area contributed by atoms with Gasteiger partial charge in [-0.3, -0.25) is 4.79 Å². The van der Waals surface area contributed by atoms with Gasteiger partial charge in [0, 0.05) is 16.2 Å². The number of pyridine rings is 1. The van der Waals surface area contributed by atoms with Crippen molar-refractivity contribution in [2.24, 2.45) is 0 Å². The number of methoxy groups -OCH3 is 1. The van der Waals surface area contributed by atoms with Gasteiger partial charge in [0.15, 0.2) is 0 Å². The Bertz CT molecular complexity index is 336. The Hall–Kier alpha value is -1.16. The van der Waals surface area contributed by atoms with Crippen LogP contribution in [0.25, 0.3) is 6.08 Å². The Balaban J connectivity index is 3.07. The van der Waals surface area contributed by atoms with E-state index < -0.39 is 0 Å². The van der Waals surface area contributed by atoms with Crippen LogP contribution in [-0.2, 0) is 4.79 Å². The van der Waals surface area contributed by atoms with E-state index in [1.807, 2.05) is 6.07 Å². The molecule has 0 aliphatic rings. The first-order valence-electron chi connectivity index (χ1n) is 3.59. The van der Waals surface area contributed by atoms with Gasteiger partial charge in [-0.1, -0.05) is 0 Å². The van der Waals surface area contributed by atoms with Crippen molar-refractivity contribution in [1.82, 2.24) is 4.98 Å². The second kappa shape index (κ2) is 4.77. The third kappa shape index (κ3) is 2.66. The van der Waals surface area contributed by atoms with Gasteiger partial charge >= 0.3 is 0 Å². The molecular weight excluding hydrogens is 234 g/mol. The fourth-order valence-electron chi connectivity index (χ4n) is 0.875. The maximum atomic E-state index is 10.1. The number of allylic oxidation sites excluding steroid dienone is 1. The molecule has 0 radical (unpaired) electrons. The van der Waals surface area contributed by atoms with E-state index in [9.17, 15) is 4.79 Å². The SMILES string of the molecule is COc1ncc(Br)cc1C=CC=O. The van der Waals surface area contributed by atoms with Gasteiger partial charge in [0.25, 0.3) is 0 Å². The number of carbonyl (C=O) groups excluding carboxylic acids is 1. The van der Waals surface area contributed by atoms with Gasteiger partial charge in [-0.25, -0.2) is 4.98 Å². The minimum atomic E-state index is 0.501. The minimum absolute atomic E-state index is 0.501. The van der Waals surface area contributed by atoms with E-state index in [1.165, 1.54) is 13.2 Å². The van der Waals surface area contributed by atoms with E-state index >= 15 is 0 Å². The van der Waals surface area contributed by atoms with Crippen molar-refractivity contribution in [2.45, 2.75) is 0 Å². The lowest BCUT2D eigenvalue weighted by atomic mass is 10.2. The van der Waals surface area contributed by atoms with Crippen LogP contribution < -0.4 is 4.74 Å². The lowest BCUT2D eigenvalue weighted by Gasteiger charge is -2.02. The molecule has 0 fully saturated rings. The lowest BCUT2D eigenvalue weighted by molar-refractivity contribution is -0.104. The maximum absolute atomic E-state index is 10.1. The first kappa shape index (κ1) is 9.92. The Morgan fingerprint density at radius 1 is 1.62 bits per heavy atom. The van der Waals surface area contributed by atoms with E-state index in [2.05, 4.69) is 20.9 Å². The predicted octanol–water partition coefficient (Wildman–Crippen LogP) is 2.06. The molecule has 0 saturated carbocycles. The van der Waals surface area contributed by atoms with Crippen LogP contribution in [0.15, 0.2) is 22.8 Å². The summed E-state index contributed by atoms with van der Waals surface area (Å²) >= 11 is 3.28. The number of hydrogen-bond donors (Lipinski definition) is 0. The smallest absolute Gasteiger partial charge is 0.220 e. The van der Waals surface area contributed by atoms with Crippen LogP contribution in [0.3, 0.4) is 0 Å². The molecule has 1 rings (SSSR count). The van der Waals surface area contributed by atoms with Crippen molar-refractivity contribution in [3.05, 3.63) is 28.4 Å². The number of halogens is 1. The van der Waals surface area contributed by atoms with E-state index in [0.29, 0.717) is 12.2 Å². The highest BCUT2D eigenvalue weighted by Crippen LogP contribution is 2.20. The molecule has 0 bridgehead atoms. The van der Waals surface area contributed by atoms with Crippen LogP contribution in [0, 0.1) is 0 Å². The number of aldehydes is 1. The minimum Gasteiger partial charge on any atom is -0.481 e. The summed E-state index contributed by atoms with van der Waals surface area (Å²) in [5.41, 5.74) is 0.768. The van der Waals surface area contributed by atoms with Gasteiger partial charge in [-0.05, 0) is 34.1 Å². The molecule has 1 heterocycles. The molecular formula is C9H8BrNO2. The fraction of sp³-hybridized carbons (Fsp3) is 0.111. The molecule has 1 aromatic rings. The lowest BCUT2D eigenvalue weighted by Crippen LogP contribution is -1.90. The third-order valence-corrected chi connectivity index (χ3v) is 1.83. The number of rotatable bonds is 3. The van der Waals surface area contributed by atoms with Crippen LogP contribution >= 0.6 is 15.9 Å². The molecule has 0 amide bonds. The van der Waals surface area contributed by atoms with Crippen LogP contribution in [0.5, 0.6) is 5.88 Å². The molecule has 4 heteroatoms. The molecule has 0 aromatic carbocycles. The topological polar surface area (TPSA) is 39.2 Å². The van der Waals surface area contributed by atoms with Crippen molar-refractivity contribution in [3.8, 4) is 5.88 Å². The number of nitrogens with zero attached hydrogens (tertiary/aromatic N) is 1. The largest absolute Gasteiger partial charge is 0.481 e. The fourth-order valence-corrected chi connectivity index (χ4v) is 1.22. The zero-order valence-electron chi connectivity index (χ0n) is 7.03. The van der Waals surface area contributed by atoms with E-state index in [-0.39, 0.29) is 0 Å². The number of hydrogen-bond acceptors (Lipinski definition) is 3. The van der Waals surface area contributed by atoms with Crippen molar-refractivity contribution in [2.75, 3.05) is 7.11 Å². The van der Waals surface area contributed by atoms with E-state index in [1.54, 1.807) is 12.3 Å². The summed E-state index contributed by atoms with van der Waals surface area (Å²) in [6.45, 7) is 0. The first-order chi connectivity index (χ1) is 6.27. The van der Waals surface area contributed by atoms with Crippen LogP contribution in [0.1, 0.15) is 5.56 Å². The average molecular weight is 242 g/mol. The summed E-state index contributed by atoms with van der Waals surface area (Å²) in [6, 6.07) is 1.83. The average Bonchev–Trinajstić information content (AvgIpc) is 2.15. The van der Waals surface area contributed by atoms with E-state index in [0.717, 1.165) is 10.0 Å². The molecule has 1 aromatic heterocycles. The Morgan fingerprint density at radius 3 is 3.00 bits per heavy atom. The summed E-state index contributed by atoms with van der Waals surface area (Å²) < 4.78 is 5.84. The van der Waals surface area contributed by atoms with Crippen LogP contribution in [0.2, 0.25) is 0 Å². The van der Waals surface area contributed by atoms with Crippen molar-refractivity contribution < 1.29 is 9.53 Å². The van der Waals surface area contributed by atoms with Gasteiger partial charge in [-0.2, -0.15) is 0 Å². The standard InChI is InChI=1S/C9H8BrNO2/c1-13-9-7(3-2-4-12)5-8(10)6-11-9/h2-6H,1H3. The normalized spacial score (nSPS) is 10.3. The maximum Gasteiger partial charge on any atom is 0.220 e. The second-order valence-corrected chi connectivity index (χ2v) is 3.16. The number of carbonyl (C=O) groups is 1. The van der Waals surface area contributed by atoms with Gasteiger partial charge < -0.3 is 4.74 Å². The Kier molecular flexibility index (Phi) is 3.64. The molecule has 0 N–H and O–H groups in total. The quantitative estimate of drug-likeness (QED) is 0.601. The molecule has 3 nitrogen and oxygen atoms in total. The summed E-state index contributed by atoms with van der Waals surface area (Å²) in [4.78, 5) is 14.1. The molecule has 0 aliphatic carbocycles. The van der Waals surface area contributed by atoms with Crippen LogP contribution in [-0.4, -0.2) is 18.4 Å². The predicted molar refractivity (Wildman–Crippen MR) is 53.6 cm³/mol. The van der Waals surface area contributed by atoms with E-state index in [4.69, 9.17) is 4.74 Å². The summed E-state index contributed by atoms with van der Waals surface area (Å²) in [6.07, 6.45) is 5.38. The highest BCUT2D eigenvalue weighted by atomic mass is 79.9. The highest BCUT2D eigenvalue weighted by Gasteiger charge is 2.00. The van der Waals surface area contributed by atoms with Gasteiger partial charge in [0.05, 0.1) is 7.11 Å². The van der Waals surface area contributed by atoms with Crippen molar-refractivity contribution in [3.63, 3.8) is 0 Å². The zero-order valence-corrected chi connectivity index (χ0v) is 8.61. The molecule has 0 saturated heterocycles. The molecule has 0 aliphatic heterocycles. The summed E-state index contributed by atoms with van der Waals surface area (Å²) in [7, 11) is 1.54. The first-order valence-corrected chi connectivity index (χ1v) is 4.38. The monoisotopic (exact) mass is 241 g/mol. The molecule has 0 spiro atoms. The van der Waals surface area contributed by atoms with Crippen molar-refractivity contribution >= 4 is 28.3 Å². The van der Waals surface area contributed by atoms with Crippen LogP contribution in [0.4, 0.5) is 0 Å². The molecule has 0 unspecified atom stereocenters. The van der Waals surface area contributed by atoms with Gasteiger partial charge in [-0.15, -0.1) is 0 Å². The Labute approximate surface area is 84.6 Å². The van der Waals surface area contributed by atoms with Gasteiger partial charge in [0.2, 0.25) is 5.88 Å². The Morgan fingerprint density at radius 2 is 2.38 bits per heavy atom. The number of ether oxygens (including phenoxy) is 1. The molecule has 13 heavy (non-hydrogen) atoms. The summed E-state index contributed by atoms with van der Waals surface area (Å²) in [5, 5.41) is 0. The zero-order chi connectivity index (χ0) is 9.68. The second-order valence-electron chi connectivity index (χ2n) is 2.25. The number of aromatic nitrogens is 1.